The molecule has 0 bridgehead atoms. The van der Waals surface area contributed by atoms with Crippen molar-refractivity contribution < 1.29 is 8.42 Å². The van der Waals surface area contributed by atoms with E-state index in [2.05, 4.69) is 32.9 Å². The monoisotopic (exact) mass is 374 g/mol. The van der Waals surface area contributed by atoms with Crippen LogP contribution in [0.2, 0.25) is 0 Å². The number of hydrogen-bond acceptors (Lipinski definition) is 3. The van der Waals surface area contributed by atoms with Gasteiger partial charge in [-0.15, -0.1) is 0 Å². The summed E-state index contributed by atoms with van der Waals surface area (Å²) in [5.74, 6) is 0.725. The Morgan fingerprint density at radius 3 is 2.67 bits per heavy atom. The van der Waals surface area contributed by atoms with Gasteiger partial charge in [-0.2, -0.15) is 0 Å². The molecule has 0 spiro atoms. The Balaban J connectivity index is 1.97. The second-order valence-electron chi connectivity index (χ2n) is 5.57. The van der Waals surface area contributed by atoms with Crippen LogP contribution in [0.15, 0.2) is 27.6 Å². The Labute approximate surface area is 135 Å². The van der Waals surface area contributed by atoms with Gasteiger partial charge in [0.1, 0.15) is 0 Å². The minimum Gasteiger partial charge on any atom is -0.313 e. The Morgan fingerprint density at radius 2 is 2.05 bits per heavy atom. The van der Waals surface area contributed by atoms with Crippen molar-refractivity contribution in [2.24, 2.45) is 5.92 Å². The molecule has 0 unspecified atom stereocenters. The van der Waals surface area contributed by atoms with Gasteiger partial charge in [0.2, 0.25) is 10.0 Å². The minimum absolute atomic E-state index is 0.317. The molecule has 1 aliphatic carbocycles. The van der Waals surface area contributed by atoms with Crippen LogP contribution in [0, 0.1) is 5.92 Å². The van der Waals surface area contributed by atoms with E-state index in [0.717, 1.165) is 37.4 Å². The second kappa shape index (κ2) is 7.72. The quantitative estimate of drug-likeness (QED) is 0.653. The standard InChI is InChI=1S/C15H23BrN2O2S/c1-2-8-17-11-13-5-6-15(14(16)10-13)21(19,20)18-9-7-12-3-4-12/h5-6,10,12,17-18H,2-4,7-9,11H2,1H3. The smallest absolute Gasteiger partial charge is 0.241 e. The van der Waals surface area contributed by atoms with Crippen LogP contribution in [0.25, 0.3) is 0 Å². The van der Waals surface area contributed by atoms with Crippen LogP contribution in [0.1, 0.15) is 38.2 Å². The number of hydrogen-bond donors (Lipinski definition) is 2. The van der Waals surface area contributed by atoms with E-state index >= 15 is 0 Å². The van der Waals surface area contributed by atoms with Gasteiger partial charge in [-0.1, -0.05) is 25.8 Å². The van der Waals surface area contributed by atoms with E-state index in [-0.39, 0.29) is 0 Å². The molecule has 0 aliphatic heterocycles. The Bertz CT molecular complexity index is 571. The van der Waals surface area contributed by atoms with Gasteiger partial charge < -0.3 is 5.32 Å². The van der Waals surface area contributed by atoms with Crippen molar-refractivity contribution >= 4 is 26.0 Å². The van der Waals surface area contributed by atoms with E-state index in [1.807, 2.05) is 12.1 Å². The maximum Gasteiger partial charge on any atom is 0.241 e. The molecule has 0 radical (unpaired) electrons. The second-order valence-corrected chi connectivity index (χ2v) is 8.16. The highest BCUT2D eigenvalue weighted by Gasteiger charge is 2.23. The fourth-order valence-corrected chi connectivity index (χ4v) is 4.33. The number of nitrogens with one attached hydrogen (secondary N) is 2. The molecule has 1 aromatic carbocycles. The number of benzene rings is 1. The molecule has 1 fully saturated rings. The van der Waals surface area contributed by atoms with Gasteiger partial charge in [-0.3, -0.25) is 0 Å². The number of halogens is 1. The Kier molecular flexibility index (Phi) is 6.22. The van der Waals surface area contributed by atoms with Crippen molar-refractivity contribution in [3.63, 3.8) is 0 Å². The number of rotatable bonds is 9. The molecule has 0 aromatic heterocycles. The van der Waals surface area contributed by atoms with E-state index < -0.39 is 10.0 Å². The molecule has 0 heterocycles. The van der Waals surface area contributed by atoms with Crippen LogP contribution in [0.4, 0.5) is 0 Å². The van der Waals surface area contributed by atoms with E-state index in [0.29, 0.717) is 15.9 Å². The summed E-state index contributed by atoms with van der Waals surface area (Å²) in [4.78, 5) is 0.317. The van der Waals surface area contributed by atoms with E-state index in [4.69, 9.17) is 0 Å². The third-order valence-corrected chi connectivity index (χ3v) is 6.02. The summed E-state index contributed by atoms with van der Waals surface area (Å²) >= 11 is 3.38. The molecule has 2 rings (SSSR count). The summed E-state index contributed by atoms with van der Waals surface area (Å²) < 4.78 is 27.8. The summed E-state index contributed by atoms with van der Waals surface area (Å²) in [5.41, 5.74) is 1.08. The zero-order chi connectivity index (χ0) is 15.3. The predicted molar refractivity (Wildman–Crippen MR) is 88.7 cm³/mol. The molecule has 6 heteroatoms. The topological polar surface area (TPSA) is 58.2 Å². The first-order chi connectivity index (χ1) is 10.0. The average Bonchev–Trinajstić information content (AvgIpc) is 3.23. The van der Waals surface area contributed by atoms with Crippen molar-refractivity contribution in [1.82, 2.24) is 10.0 Å². The highest BCUT2D eigenvalue weighted by molar-refractivity contribution is 9.10. The highest BCUT2D eigenvalue weighted by Crippen LogP contribution is 2.32. The molecular formula is C15H23BrN2O2S. The first kappa shape index (κ1) is 16.9. The lowest BCUT2D eigenvalue weighted by Crippen LogP contribution is -2.25. The molecule has 0 amide bonds. The maximum absolute atomic E-state index is 12.3. The lowest BCUT2D eigenvalue weighted by atomic mass is 10.2. The van der Waals surface area contributed by atoms with Gasteiger partial charge in [0.25, 0.3) is 0 Å². The van der Waals surface area contributed by atoms with Crippen LogP contribution in [-0.4, -0.2) is 21.5 Å². The molecule has 0 atom stereocenters. The fraction of sp³-hybridized carbons (Fsp3) is 0.600. The van der Waals surface area contributed by atoms with Crippen molar-refractivity contribution in [2.45, 2.75) is 44.0 Å². The van der Waals surface area contributed by atoms with Crippen LogP contribution in [0.3, 0.4) is 0 Å². The zero-order valence-electron chi connectivity index (χ0n) is 12.4. The number of sulfonamides is 1. The van der Waals surface area contributed by atoms with Crippen LogP contribution in [0.5, 0.6) is 0 Å². The third kappa shape index (κ3) is 5.36. The van der Waals surface area contributed by atoms with Gasteiger partial charge in [-0.05, 0) is 58.9 Å². The van der Waals surface area contributed by atoms with Crippen molar-refractivity contribution in [2.75, 3.05) is 13.1 Å². The molecular weight excluding hydrogens is 352 g/mol. The SMILES string of the molecule is CCCNCc1ccc(S(=O)(=O)NCCC2CC2)c(Br)c1. The van der Waals surface area contributed by atoms with Crippen LogP contribution < -0.4 is 10.0 Å². The van der Waals surface area contributed by atoms with Crippen molar-refractivity contribution in [3.8, 4) is 0 Å². The average molecular weight is 375 g/mol. The third-order valence-electron chi connectivity index (χ3n) is 3.58. The first-order valence-electron chi connectivity index (χ1n) is 7.51. The highest BCUT2D eigenvalue weighted by atomic mass is 79.9. The molecule has 2 N–H and O–H groups in total. The minimum atomic E-state index is -3.42. The molecule has 1 aromatic rings. The maximum atomic E-state index is 12.3. The Morgan fingerprint density at radius 1 is 1.29 bits per heavy atom. The summed E-state index contributed by atoms with van der Waals surface area (Å²) in [6, 6.07) is 5.41. The first-order valence-corrected chi connectivity index (χ1v) is 9.79. The lowest BCUT2D eigenvalue weighted by molar-refractivity contribution is 0.574. The largest absolute Gasteiger partial charge is 0.313 e. The van der Waals surface area contributed by atoms with Gasteiger partial charge >= 0.3 is 0 Å². The van der Waals surface area contributed by atoms with Gasteiger partial charge in [0.15, 0.2) is 0 Å². The molecule has 21 heavy (non-hydrogen) atoms. The lowest BCUT2D eigenvalue weighted by Gasteiger charge is -2.10. The fourth-order valence-electron chi connectivity index (χ4n) is 2.16. The molecule has 1 saturated carbocycles. The van der Waals surface area contributed by atoms with Gasteiger partial charge in [0, 0.05) is 17.6 Å². The van der Waals surface area contributed by atoms with E-state index in [1.165, 1.54) is 12.8 Å². The molecule has 1 aliphatic rings. The van der Waals surface area contributed by atoms with Gasteiger partial charge in [-0.25, -0.2) is 13.1 Å². The van der Waals surface area contributed by atoms with Crippen molar-refractivity contribution in [1.29, 1.82) is 0 Å². The van der Waals surface area contributed by atoms with Crippen LogP contribution >= 0.6 is 15.9 Å². The van der Waals surface area contributed by atoms with Crippen molar-refractivity contribution in [3.05, 3.63) is 28.2 Å². The summed E-state index contributed by atoms with van der Waals surface area (Å²) in [6.07, 6.45) is 4.50. The van der Waals surface area contributed by atoms with E-state index in [1.54, 1.807) is 6.07 Å². The Hall–Kier alpha value is -0.430. The predicted octanol–water partition coefficient (Wildman–Crippen LogP) is 3.03. The summed E-state index contributed by atoms with van der Waals surface area (Å²) in [6.45, 7) is 4.35. The summed E-state index contributed by atoms with van der Waals surface area (Å²) in [5, 5.41) is 3.30. The van der Waals surface area contributed by atoms with Gasteiger partial charge in [0.05, 0.1) is 4.90 Å². The summed E-state index contributed by atoms with van der Waals surface area (Å²) in [7, 11) is -3.42. The molecule has 0 saturated heterocycles. The zero-order valence-corrected chi connectivity index (χ0v) is 14.8. The molecule has 118 valence electrons. The normalized spacial score (nSPS) is 15.3. The molecule has 4 nitrogen and oxygen atoms in total. The van der Waals surface area contributed by atoms with E-state index in [9.17, 15) is 8.42 Å². The van der Waals surface area contributed by atoms with Crippen LogP contribution in [-0.2, 0) is 16.6 Å².